The van der Waals surface area contributed by atoms with Gasteiger partial charge in [-0.2, -0.15) is 0 Å². The molecule has 0 radical (unpaired) electrons. The van der Waals surface area contributed by atoms with E-state index in [-0.39, 0.29) is 18.6 Å². The first-order valence-electron chi connectivity index (χ1n) is 7.31. The van der Waals surface area contributed by atoms with Crippen LogP contribution < -0.4 is 5.32 Å². The number of hydrogen-bond acceptors (Lipinski definition) is 3. The van der Waals surface area contributed by atoms with Crippen LogP contribution in [0.2, 0.25) is 0 Å². The van der Waals surface area contributed by atoms with Crippen molar-refractivity contribution in [2.45, 2.75) is 32.3 Å². The molecule has 1 aromatic carbocycles. The Bertz CT molecular complexity index is 551. The number of carbonyl (C=O) groups excluding carboxylic acids is 1. The van der Waals surface area contributed by atoms with E-state index in [0.717, 1.165) is 37.0 Å². The quantitative estimate of drug-likeness (QED) is 0.831. The summed E-state index contributed by atoms with van der Waals surface area (Å²) in [5.74, 6) is 5.35. The maximum absolute atomic E-state index is 12.2. The minimum atomic E-state index is -0.186. The van der Waals surface area contributed by atoms with Gasteiger partial charge in [-0.05, 0) is 43.9 Å². The molecule has 1 unspecified atom stereocenters. The third kappa shape index (κ3) is 4.59. The van der Waals surface area contributed by atoms with E-state index >= 15 is 0 Å². The fourth-order valence-electron chi connectivity index (χ4n) is 2.31. The number of hydrogen-bond donors (Lipinski definition) is 2. The Balaban J connectivity index is 1.98. The molecule has 0 spiro atoms. The van der Waals surface area contributed by atoms with Gasteiger partial charge in [-0.1, -0.05) is 17.9 Å². The van der Waals surface area contributed by atoms with Gasteiger partial charge >= 0.3 is 0 Å². The molecule has 1 aromatic rings. The van der Waals surface area contributed by atoms with E-state index in [1.54, 1.807) is 12.1 Å². The number of aryl methyl sites for hydroxylation is 1. The molecule has 1 heterocycles. The van der Waals surface area contributed by atoms with Crippen LogP contribution in [0.4, 0.5) is 0 Å². The average Bonchev–Trinajstić information content (AvgIpc) is 2.53. The lowest BCUT2D eigenvalue weighted by Crippen LogP contribution is -2.35. The number of rotatable bonds is 3. The van der Waals surface area contributed by atoms with Crippen LogP contribution in [-0.4, -0.2) is 36.9 Å². The number of ether oxygens (including phenoxy) is 1. The molecule has 1 aliphatic heterocycles. The second kappa shape index (κ2) is 7.82. The van der Waals surface area contributed by atoms with Crippen molar-refractivity contribution in [2.24, 2.45) is 0 Å². The van der Waals surface area contributed by atoms with Gasteiger partial charge in [0.15, 0.2) is 0 Å². The summed E-state index contributed by atoms with van der Waals surface area (Å²) in [7, 11) is 0. The SMILES string of the molecule is Cc1ccc(C(=O)NCC2CCCCO2)cc1C#CCO. The van der Waals surface area contributed by atoms with Gasteiger partial charge in [-0.15, -0.1) is 0 Å². The lowest BCUT2D eigenvalue weighted by Gasteiger charge is -2.22. The monoisotopic (exact) mass is 287 g/mol. The fourth-order valence-corrected chi connectivity index (χ4v) is 2.31. The lowest BCUT2D eigenvalue weighted by atomic mass is 10.0. The zero-order valence-corrected chi connectivity index (χ0v) is 12.3. The summed E-state index contributed by atoms with van der Waals surface area (Å²) in [6.07, 6.45) is 3.39. The van der Waals surface area contributed by atoms with E-state index in [0.29, 0.717) is 12.1 Å². The van der Waals surface area contributed by atoms with E-state index in [9.17, 15) is 4.79 Å². The number of aliphatic hydroxyl groups is 1. The minimum Gasteiger partial charge on any atom is -0.384 e. The number of carbonyl (C=O) groups is 1. The molecule has 0 saturated carbocycles. The van der Waals surface area contributed by atoms with Gasteiger partial charge in [0, 0.05) is 24.3 Å². The molecule has 21 heavy (non-hydrogen) atoms. The molecule has 1 fully saturated rings. The zero-order chi connectivity index (χ0) is 15.1. The van der Waals surface area contributed by atoms with Crippen LogP contribution in [0.5, 0.6) is 0 Å². The summed E-state index contributed by atoms with van der Waals surface area (Å²) in [4.78, 5) is 12.2. The molecule has 0 aliphatic carbocycles. The smallest absolute Gasteiger partial charge is 0.251 e. The molecule has 112 valence electrons. The van der Waals surface area contributed by atoms with Crippen LogP contribution in [0.25, 0.3) is 0 Å². The Labute approximate surface area is 125 Å². The third-order valence-corrected chi connectivity index (χ3v) is 3.57. The highest BCUT2D eigenvalue weighted by Gasteiger charge is 2.15. The molecule has 2 N–H and O–H groups in total. The molecule has 1 saturated heterocycles. The Morgan fingerprint density at radius 1 is 1.48 bits per heavy atom. The Hall–Kier alpha value is -1.83. The molecule has 1 atom stereocenters. The molecule has 0 aromatic heterocycles. The first-order valence-corrected chi connectivity index (χ1v) is 7.31. The molecule has 4 nitrogen and oxygen atoms in total. The maximum Gasteiger partial charge on any atom is 0.251 e. The summed E-state index contributed by atoms with van der Waals surface area (Å²) in [6, 6.07) is 5.42. The van der Waals surface area contributed by atoms with Gasteiger partial charge in [0.2, 0.25) is 0 Å². The number of aliphatic hydroxyl groups excluding tert-OH is 1. The highest BCUT2D eigenvalue weighted by Crippen LogP contribution is 2.13. The van der Waals surface area contributed by atoms with Crippen molar-refractivity contribution in [3.05, 3.63) is 34.9 Å². The highest BCUT2D eigenvalue weighted by atomic mass is 16.5. The largest absolute Gasteiger partial charge is 0.384 e. The van der Waals surface area contributed by atoms with Crippen molar-refractivity contribution >= 4 is 5.91 Å². The summed E-state index contributed by atoms with van der Waals surface area (Å²) >= 11 is 0. The van der Waals surface area contributed by atoms with Crippen molar-refractivity contribution in [3.8, 4) is 11.8 Å². The van der Waals surface area contributed by atoms with Gasteiger partial charge in [0.05, 0.1) is 6.10 Å². The van der Waals surface area contributed by atoms with Crippen LogP contribution >= 0.6 is 0 Å². The Kier molecular flexibility index (Phi) is 5.79. The molecular weight excluding hydrogens is 266 g/mol. The van der Waals surface area contributed by atoms with Crippen molar-refractivity contribution < 1.29 is 14.6 Å². The maximum atomic E-state index is 12.2. The van der Waals surface area contributed by atoms with Crippen LogP contribution in [0.1, 0.15) is 40.7 Å². The number of amides is 1. The predicted molar refractivity (Wildman–Crippen MR) is 81.1 cm³/mol. The summed E-state index contributed by atoms with van der Waals surface area (Å²) in [5, 5.41) is 11.7. The van der Waals surface area contributed by atoms with Crippen molar-refractivity contribution in [3.63, 3.8) is 0 Å². The average molecular weight is 287 g/mol. The van der Waals surface area contributed by atoms with E-state index in [2.05, 4.69) is 17.2 Å². The van der Waals surface area contributed by atoms with Gasteiger partial charge in [-0.3, -0.25) is 4.79 Å². The zero-order valence-electron chi connectivity index (χ0n) is 12.3. The fraction of sp³-hybridized carbons (Fsp3) is 0.471. The lowest BCUT2D eigenvalue weighted by molar-refractivity contribution is 0.0169. The minimum absolute atomic E-state index is 0.115. The van der Waals surface area contributed by atoms with Crippen molar-refractivity contribution in [1.29, 1.82) is 0 Å². The van der Waals surface area contributed by atoms with Crippen LogP contribution in [0.15, 0.2) is 18.2 Å². The van der Waals surface area contributed by atoms with Gasteiger partial charge in [0.25, 0.3) is 5.91 Å². The third-order valence-electron chi connectivity index (χ3n) is 3.57. The van der Waals surface area contributed by atoms with Crippen LogP contribution in [0, 0.1) is 18.8 Å². The topological polar surface area (TPSA) is 58.6 Å². The van der Waals surface area contributed by atoms with Gasteiger partial charge in [-0.25, -0.2) is 0 Å². The Morgan fingerprint density at radius 2 is 2.33 bits per heavy atom. The summed E-state index contributed by atoms with van der Waals surface area (Å²) < 4.78 is 5.60. The summed E-state index contributed by atoms with van der Waals surface area (Å²) in [5.41, 5.74) is 2.34. The Morgan fingerprint density at radius 3 is 3.05 bits per heavy atom. The molecule has 1 aliphatic rings. The number of benzene rings is 1. The molecule has 2 rings (SSSR count). The highest BCUT2D eigenvalue weighted by molar-refractivity contribution is 5.94. The molecular formula is C17H21NO3. The van der Waals surface area contributed by atoms with Crippen LogP contribution in [-0.2, 0) is 4.74 Å². The van der Waals surface area contributed by atoms with E-state index in [1.807, 2.05) is 13.0 Å². The van der Waals surface area contributed by atoms with Gasteiger partial charge < -0.3 is 15.2 Å². The molecule has 0 bridgehead atoms. The first-order chi connectivity index (χ1) is 10.2. The van der Waals surface area contributed by atoms with Crippen LogP contribution in [0.3, 0.4) is 0 Å². The molecule has 4 heteroatoms. The van der Waals surface area contributed by atoms with Crippen molar-refractivity contribution in [1.82, 2.24) is 5.32 Å². The van der Waals surface area contributed by atoms with Gasteiger partial charge in [0.1, 0.15) is 6.61 Å². The van der Waals surface area contributed by atoms with E-state index in [1.165, 1.54) is 0 Å². The second-order valence-electron chi connectivity index (χ2n) is 5.19. The molecule has 1 amide bonds. The van der Waals surface area contributed by atoms with E-state index < -0.39 is 0 Å². The van der Waals surface area contributed by atoms with Crippen molar-refractivity contribution in [2.75, 3.05) is 19.8 Å². The normalized spacial score (nSPS) is 17.7. The standard InChI is InChI=1S/C17H21NO3/c1-13-7-8-15(11-14(13)5-4-9-19)17(20)18-12-16-6-2-3-10-21-16/h7-8,11,16,19H,2-3,6,9-10,12H2,1H3,(H,18,20). The predicted octanol–water partition coefficient (Wildman–Crippen LogP) is 1.64. The number of nitrogens with one attached hydrogen (secondary N) is 1. The van der Waals surface area contributed by atoms with E-state index in [4.69, 9.17) is 9.84 Å². The second-order valence-corrected chi connectivity index (χ2v) is 5.19. The summed E-state index contributed by atoms with van der Waals surface area (Å²) in [6.45, 7) is 3.07. The first kappa shape index (κ1) is 15.6.